The van der Waals surface area contributed by atoms with Crippen molar-refractivity contribution in [2.75, 3.05) is 24.8 Å². The lowest BCUT2D eigenvalue weighted by atomic mass is 10.1. The van der Waals surface area contributed by atoms with Gasteiger partial charge in [-0.15, -0.1) is 0 Å². The Balaban J connectivity index is 2.69. The van der Waals surface area contributed by atoms with Crippen molar-refractivity contribution in [3.63, 3.8) is 0 Å². The monoisotopic (exact) mass is 316 g/mol. The SMILES string of the molecule is CCC(CSC)N(C)Cc1ccc(Br)cc1N. The molecule has 96 valence electrons. The molecule has 0 aliphatic rings. The van der Waals surface area contributed by atoms with Crippen LogP contribution in [0.4, 0.5) is 5.69 Å². The normalized spacial score (nSPS) is 13.0. The maximum Gasteiger partial charge on any atom is 0.0371 e. The highest BCUT2D eigenvalue weighted by Gasteiger charge is 2.13. The minimum Gasteiger partial charge on any atom is -0.398 e. The molecule has 0 bridgehead atoms. The van der Waals surface area contributed by atoms with E-state index in [1.165, 1.54) is 17.7 Å². The first-order valence-corrected chi connectivity index (χ1v) is 8.00. The summed E-state index contributed by atoms with van der Waals surface area (Å²) in [4.78, 5) is 2.39. The fourth-order valence-corrected chi connectivity index (χ4v) is 3.11. The molecule has 17 heavy (non-hydrogen) atoms. The highest BCUT2D eigenvalue weighted by molar-refractivity contribution is 9.10. The van der Waals surface area contributed by atoms with Gasteiger partial charge in [0.25, 0.3) is 0 Å². The number of hydrogen-bond acceptors (Lipinski definition) is 3. The fourth-order valence-electron chi connectivity index (χ4n) is 1.86. The van der Waals surface area contributed by atoms with Crippen LogP contribution in [0.15, 0.2) is 22.7 Å². The Kier molecular flexibility index (Phi) is 6.38. The van der Waals surface area contributed by atoms with Crippen molar-refractivity contribution in [3.05, 3.63) is 28.2 Å². The molecular weight excluding hydrogens is 296 g/mol. The summed E-state index contributed by atoms with van der Waals surface area (Å²) in [6.07, 6.45) is 3.33. The number of nitrogen functional groups attached to an aromatic ring is 1. The number of anilines is 1. The zero-order valence-corrected chi connectivity index (χ0v) is 13.1. The number of nitrogens with two attached hydrogens (primary N) is 1. The number of nitrogens with zero attached hydrogens (tertiary/aromatic N) is 1. The smallest absolute Gasteiger partial charge is 0.0371 e. The Morgan fingerprint density at radius 1 is 1.47 bits per heavy atom. The fraction of sp³-hybridized carbons (Fsp3) is 0.538. The molecule has 2 N–H and O–H groups in total. The third kappa shape index (κ3) is 4.53. The van der Waals surface area contributed by atoms with E-state index in [0.29, 0.717) is 6.04 Å². The van der Waals surface area contributed by atoms with Crippen molar-refractivity contribution in [3.8, 4) is 0 Å². The summed E-state index contributed by atoms with van der Waals surface area (Å²) >= 11 is 5.33. The molecule has 0 saturated heterocycles. The van der Waals surface area contributed by atoms with Gasteiger partial charge >= 0.3 is 0 Å². The topological polar surface area (TPSA) is 29.3 Å². The van der Waals surface area contributed by atoms with Gasteiger partial charge in [0.15, 0.2) is 0 Å². The summed E-state index contributed by atoms with van der Waals surface area (Å²) in [7, 11) is 2.17. The molecule has 1 atom stereocenters. The van der Waals surface area contributed by atoms with Gasteiger partial charge in [0.1, 0.15) is 0 Å². The zero-order chi connectivity index (χ0) is 12.8. The van der Waals surface area contributed by atoms with Crippen molar-refractivity contribution in [1.29, 1.82) is 0 Å². The van der Waals surface area contributed by atoms with Crippen molar-refractivity contribution in [1.82, 2.24) is 4.90 Å². The average molecular weight is 317 g/mol. The Labute approximate surface area is 117 Å². The largest absolute Gasteiger partial charge is 0.398 e. The molecule has 0 aliphatic heterocycles. The molecule has 1 aromatic carbocycles. The standard InChI is InChI=1S/C13H21BrN2S/c1-4-12(9-17-3)16(2)8-10-5-6-11(14)7-13(10)15/h5-7,12H,4,8-9,15H2,1-3H3. The van der Waals surface area contributed by atoms with Crippen LogP contribution in [0.25, 0.3) is 0 Å². The van der Waals surface area contributed by atoms with Crippen molar-refractivity contribution in [2.45, 2.75) is 25.9 Å². The van der Waals surface area contributed by atoms with Crippen molar-refractivity contribution in [2.24, 2.45) is 0 Å². The van der Waals surface area contributed by atoms with E-state index in [2.05, 4.69) is 53.2 Å². The second-order valence-electron chi connectivity index (χ2n) is 4.28. The number of thioether (sulfide) groups is 1. The van der Waals surface area contributed by atoms with E-state index in [1.54, 1.807) is 0 Å². The van der Waals surface area contributed by atoms with Crippen LogP contribution in [0.1, 0.15) is 18.9 Å². The third-order valence-electron chi connectivity index (χ3n) is 2.98. The first-order chi connectivity index (χ1) is 8.08. The molecule has 0 aliphatic carbocycles. The Morgan fingerprint density at radius 3 is 2.71 bits per heavy atom. The van der Waals surface area contributed by atoms with Gasteiger partial charge in [-0.25, -0.2) is 0 Å². The summed E-state index contributed by atoms with van der Waals surface area (Å²) in [6.45, 7) is 3.15. The maximum atomic E-state index is 6.02. The van der Waals surface area contributed by atoms with Crippen LogP contribution in [-0.2, 0) is 6.54 Å². The van der Waals surface area contributed by atoms with Crippen molar-refractivity contribution >= 4 is 33.4 Å². The molecule has 4 heteroatoms. The van der Waals surface area contributed by atoms with Gasteiger partial charge in [0.2, 0.25) is 0 Å². The van der Waals surface area contributed by atoms with Gasteiger partial charge in [-0.2, -0.15) is 11.8 Å². The van der Waals surface area contributed by atoms with Crippen LogP contribution in [0.3, 0.4) is 0 Å². The first-order valence-electron chi connectivity index (χ1n) is 5.81. The van der Waals surface area contributed by atoms with E-state index in [0.717, 1.165) is 16.7 Å². The van der Waals surface area contributed by atoms with Crippen LogP contribution in [-0.4, -0.2) is 30.0 Å². The number of benzene rings is 1. The van der Waals surface area contributed by atoms with Gasteiger partial charge in [-0.3, -0.25) is 4.90 Å². The van der Waals surface area contributed by atoms with Crippen LogP contribution in [0.2, 0.25) is 0 Å². The molecular formula is C13H21BrN2S. The molecule has 0 saturated carbocycles. The quantitative estimate of drug-likeness (QED) is 0.813. The predicted octanol–water partition coefficient (Wildman–Crippen LogP) is 3.60. The second-order valence-corrected chi connectivity index (χ2v) is 6.10. The first kappa shape index (κ1) is 14.9. The lowest BCUT2D eigenvalue weighted by molar-refractivity contribution is 0.248. The summed E-state index contributed by atoms with van der Waals surface area (Å²) in [5, 5.41) is 0. The number of hydrogen-bond donors (Lipinski definition) is 1. The molecule has 0 aromatic heterocycles. The molecule has 0 heterocycles. The Bertz CT molecular complexity index is 357. The van der Waals surface area contributed by atoms with E-state index in [1.807, 2.05) is 17.8 Å². The van der Waals surface area contributed by atoms with Gasteiger partial charge in [-0.05, 0) is 37.4 Å². The molecule has 1 unspecified atom stereocenters. The summed E-state index contributed by atoms with van der Waals surface area (Å²) in [6, 6.07) is 6.74. The van der Waals surface area contributed by atoms with Gasteiger partial charge in [0, 0.05) is 28.5 Å². The molecule has 1 rings (SSSR count). The number of rotatable bonds is 6. The minimum absolute atomic E-state index is 0.619. The lowest BCUT2D eigenvalue weighted by Gasteiger charge is -2.27. The van der Waals surface area contributed by atoms with E-state index < -0.39 is 0 Å². The molecule has 2 nitrogen and oxygen atoms in total. The summed E-state index contributed by atoms with van der Waals surface area (Å²) < 4.78 is 1.04. The second kappa shape index (κ2) is 7.29. The Morgan fingerprint density at radius 2 is 2.18 bits per heavy atom. The molecule has 0 radical (unpaired) electrons. The summed E-state index contributed by atoms with van der Waals surface area (Å²) in [5.41, 5.74) is 8.09. The van der Waals surface area contributed by atoms with E-state index >= 15 is 0 Å². The van der Waals surface area contributed by atoms with Crippen LogP contribution >= 0.6 is 27.7 Å². The van der Waals surface area contributed by atoms with E-state index in [9.17, 15) is 0 Å². The highest BCUT2D eigenvalue weighted by atomic mass is 79.9. The third-order valence-corrected chi connectivity index (χ3v) is 4.19. The zero-order valence-electron chi connectivity index (χ0n) is 10.7. The molecule has 0 spiro atoms. The summed E-state index contributed by atoms with van der Waals surface area (Å²) in [5.74, 6) is 1.17. The molecule has 1 aromatic rings. The van der Waals surface area contributed by atoms with Gasteiger partial charge < -0.3 is 5.73 Å². The molecule has 0 amide bonds. The van der Waals surface area contributed by atoms with Crippen LogP contribution in [0.5, 0.6) is 0 Å². The van der Waals surface area contributed by atoms with E-state index in [4.69, 9.17) is 5.73 Å². The van der Waals surface area contributed by atoms with Crippen LogP contribution in [0, 0.1) is 0 Å². The van der Waals surface area contributed by atoms with Crippen LogP contribution < -0.4 is 5.73 Å². The van der Waals surface area contributed by atoms with Crippen molar-refractivity contribution < 1.29 is 0 Å². The van der Waals surface area contributed by atoms with Gasteiger partial charge in [0.05, 0.1) is 0 Å². The lowest BCUT2D eigenvalue weighted by Crippen LogP contribution is -2.32. The number of halogens is 1. The highest BCUT2D eigenvalue weighted by Crippen LogP contribution is 2.21. The average Bonchev–Trinajstić information content (AvgIpc) is 2.29. The van der Waals surface area contributed by atoms with E-state index in [-0.39, 0.29) is 0 Å². The predicted molar refractivity (Wildman–Crippen MR) is 82.5 cm³/mol. The Hall–Kier alpha value is -0.190. The van der Waals surface area contributed by atoms with Gasteiger partial charge in [-0.1, -0.05) is 28.9 Å². The maximum absolute atomic E-state index is 6.02. The minimum atomic E-state index is 0.619. The molecule has 0 fully saturated rings.